The van der Waals surface area contributed by atoms with E-state index in [1.54, 1.807) is 20.8 Å². The lowest BCUT2D eigenvalue weighted by molar-refractivity contribution is -0.142. The second kappa shape index (κ2) is 9.34. The molecule has 23 heavy (non-hydrogen) atoms. The van der Waals surface area contributed by atoms with E-state index in [1.807, 2.05) is 13.8 Å². The van der Waals surface area contributed by atoms with Crippen molar-refractivity contribution in [2.24, 2.45) is 5.92 Å². The van der Waals surface area contributed by atoms with E-state index in [2.05, 4.69) is 10.6 Å². The number of rotatable bonds is 8. The van der Waals surface area contributed by atoms with Gasteiger partial charge < -0.3 is 25.2 Å². The molecular weight excluding hydrogens is 304 g/mol. The van der Waals surface area contributed by atoms with Crippen LogP contribution in [0.5, 0.6) is 0 Å². The molecule has 0 aliphatic rings. The molecule has 2 amide bonds. The van der Waals surface area contributed by atoms with Crippen LogP contribution in [0.3, 0.4) is 0 Å². The number of ether oxygens (including phenoxy) is 2. The van der Waals surface area contributed by atoms with E-state index in [0.717, 1.165) is 0 Å². The lowest BCUT2D eigenvalue weighted by Gasteiger charge is -2.25. The second-order valence-electron chi connectivity index (χ2n) is 6.68. The van der Waals surface area contributed by atoms with E-state index in [4.69, 9.17) is 14.6 Å². The summed E-state index contributed by atoms with van der Waals surface area (Å²) in [6.45, 7) is 10.6. The number of alkyl carbamates (subject to hydrolysis) is 1. The highest BCUT2D eigenvalue weighted by molar-refractivity contribution is 5.89. The first-order valence-corrected chi connectivity index (χ1v) is 7.52. The highest BCUT2D eigenvalue weighted by Gasteiger charge is 2.26. The van der Waals surface area contributed by atoms with Gasteiger partial charge in [-0.2, -0.15) is 0 Å². The molecule has 0 fully saturated rings. The molecule has 0 aliphatic heterocycles. The van der Waals surface area contributed by atoms with Crippen molar-refractivity contribution in [3.8, 4) is 0 Å². The Hall–Kier alpha value is -1.83. The SMILES string of the molecule is CC(C)COC(=O)NC(COC(C)(C)C)C(=O)N[C@@H](C)C(=O)O. The van der Waals surface area contributed by atoms with E-state index < -0.39 is 35.7 Å². The standard InChI is InChI=1S/C15H28N2O6/c1-9(2)7-22-14(21)17-11(8-23-15(4,5)6)12(18)16-10(3)13(19)20/h9-11H,7-8H2,1-6H3,(H,16,18)(H,17,21)(H,19,20)/t10-,11?/m0/s1. The minimum absolute atomic E-state index is 0.0988. The fourth-order valence-electron chi connectivity index (χ4n) is 1.32. The maximum atomic E-state index is 12.1. The van der Waals surface area contributed by atoms with Crippen LogP contribution < -0.4 is 10.6 Å². The monoisotopic (exact) mass is 332 g/mol. The summed E-state index contributed by atoms with van der Waals surface area (Å²) in [6.07, 6.45) is -0.751. The van der Waals surface area contributed by atoms with E-state index in [-0.39, 0.29) is 19.1 Å². The van der Waals surface area contributed by atoms with E-state index in [0.29, 0.717) is 0 Å². The lowest BCUT2D eigenvalue weighted by Crippen LogP contribution is -2.53. The molecule has 0 saturated heterocycles. The number of carbonyl (C=O) groups is 3. The summed E-state index contributed by atoms with van der Waals surface area (Å²) in [5.41, 5.74) is -0.513. The summed E-state index contributed by atoms with van der Waals surface area (Å²) in [5, 5.41) is 13.5. The molecule has 0 spiro atoms. The van der Waals surface area contributed by atoms with Gasteiger partial charge in [-0.15, -0.1) is 0 Å². The Labute approximate surface area is 136 Å². The molecule has 0 rings (SSSR count). The zero-order chi connectivity index (χ0) is 18.2. The molecule has 3 N–H and O–H groups in total. The number of hydrogen-bond donors (Lipinski definition) is 3. The Balaban J connectivity index is 4.76. The molecule has 0 bridgehead atoms. The quantitative estimate of drug-likeness (QED) is 0.614. The van der Waals surface area contributed by atoms with Crippen LogP contribution in [0.2, 0.25) is 0 Å². The number of carboxylic acids is 1. The van der Waals surface area contributed by atoms with Gasteiger partial charge in [0.05, 0.1) is 18.8 Å². The Morgan fingerprint density at radius 3 is 2.04 bits per heavy atom. The topological polar surface area (TPSA) is 114 Å². The first-order valence-electron chi connectivity index (χ1n) is 7.52. The van der Waals surface area contributed by atoms with Gasteiger partial charge in [-0.25, -0.2) is 4.79 Å². The normalized spacial score (nSPS) is 14.0. The fraction of sp³-hybridized carbons (Fsp3) is 0.800. The van der Waals surface area contributed by atoms with Gasteiger partial charge in [0.2, 0.25) is 5.91 Å². The summed E-state index contributed by atoms with van der Waals surface area (Å²) >= 11 is 0. The zero-order valence-corrected chi connectivity index (χ0v) is 14.6. The van der Waals surface area contributed by atoms with Gasteiger partial charge in [0.15, 0.2) is 0 Å². The molecule has 0 aromatic heterocycles. The Morgan fingerprint density at radius 2 is 1.61 bits per heavy atom. The molecule has 134 valence electrons. The fourth-order valence-corrected chi connectivity index (χ4v) is 1.32. The van der Waals surface area contributed by atoms with Crippen LogP contribution in [-0.4, -0.2) is 54.0 Å². The third-order valence-electron chi connectivity index (χ3n) is 2.57. The van der Waals surface area contributed by atoms with Gasteiger partial charge in [-0.3, -0.25) is 9.59 Å². The number of carboxylic acid groups (broad SMARTS) is 1. The van der Waals surface area contributed by atoms with Crippen molar-refractivity contribution < 1.29 is 29.0 Å². The van der Waals surface area contributed by atoms with Gasteiger partial charge in [0.25, 0.3) is 0 Å². The third kappa shape index (κ3) is 10.5. The van der Waals surface area contributed by atoms with Gasteiger partial charge in [0, 0.05) is 0 Å². The van der Waals surface area contributed by atoms with Crippen LogP contribution in [0.25, 0.3) is 0 Å². The van der Waals surface area contributed by atoms with Gasteiger partial charge in [-0.05, 0) is 33.6 Å². The van der Waals surface area contributed by atoms with Crippen molar-refractivity contribution in [2.75, 3.05) is 13.2 Å². The van der Waals surface area contributed by atoms with Crippen LogP contribution in [0.4, 0.5) is 4.79 Å². The minimum Gasteiger partial charge on any atom is -0.480 e. The number of carbonyl (C=O) groups excluding carboxylic acids is 2. The largest absolute Gasteiger partial charge is 0.480 e. The summed E-state index contributed by atoms with van der Waals surface area (Å²) in [7, 11) is 0. The predicted octanol–water partition coefficient (Wildman–Crippen LogP) is 1.14. The average Bonchev–Trinajstić information content (AvgIpc) is 2.39. The number of aliphatic carboxylic acids is 1. The minimum atomic E-state index is -1.17. The molecule has 0 heterocycles. The highest BCUT2D eigenvalue weighted by Crippen LogP contribution is 2.07. The molecule has 8 heteroatoms. The van der Waals surface area contributed by atoms with E-state index in [9.17, 15) is 14.4 Å². The maximum absolute atomic E-state index is 12.1. The van der Waals surface area contributed by atoms with E-state index in [1.165, 1.54) is 6.92 Å². The molecule has 2 atom stereocenters. The lowest BCUT2D eigenvalue weighted by atomic mass is 10.2. The van der Waals surface area contributed by atoms with Crippen molar-refractivity contribution in [1.29, 1.82) is 0 Å². The molecule has 0 aliphatic carbocycles. The second-order valence-corrected chi connectivity index (χ2v) is 6.68. The number of amides is 2. The molecule has 1 unspecified atom stereocenters. The van der Waals surface area contributed by atoms with Crippen molar-refractivity contribution in [2.45, 2.75) is 59.2 Å². The van der Waals surface area contributed by atoms with Gasteiger partial charge in [0.1, 0.15) is 12.1 Å². The molecule has 0 radical (unpaired) electrons. The number of nitrogens with one attached hydrogen (secondary N) is 2. The first kappa shape index (κ1) is 21.2. The third-order valence-corrected chi connectivity index (χ3v) is 2.57. The van der Waals surface area contributed by atoms with Crippen LogP contribution in [0, 0.1) is 5.92 Å². The molecule has 0 aromatic carbocycles. The smallest absolute Gasteiger partial charge is 0.407 e. The number of hydrogen-bond acceptors (Lipinski definition) is 5. The van der Waals surface area contributed by atoms with E-state index >= 15 is 0 Å². The van der Waals surface area contributed by atoms with Crippen LogP contribution in [-0.2, 0) is 19.1 Å². The molecular formula is C15H28N2O6. The molecule has 0 aromatic rings. The van der Waals surface area contributed by atoms with Crippen molar-refractivity contribution in [3.05, 3.63) is 0 Å². The Morgan fingerprint density at radius 1 is 1.04 bits per heavy atom. The van der Waals surface area contributed by atoms with Crippen LogP contribution >= 0.6 is 0 Å². The molecule has 0 saturated carbocycles. The van der Waals surface area contributed by atoms with Crippen LogP contribution in [0.15, 0.2) is 0 Å². The average molecular weight is 332 g/mol. The van der Waals surface area contributed by atoms with Gasteiger partial charge in [-0.1, -0.05) is 13.8 Å². The summed E-state index contributed by atoms with van der Waals surface area (Å²) in [5.74, 6) is -1.66. The Bertz CT molecular complexity index is 417. The predicted molar refractivity (Wildman–Crippen MR) is 84.1 cm³/mol. The summed E-state index contributed by atoms with van der Waals surface area (Å²) in [6, 6.07) is -2.12. The maximum Gasteiger partial charge on any atom is 0.407 e. The Kier molecular flexibility index (Phi) is 8.60. The summed E-state index contributed by atoms with van der Waals surface area (Å²) < 4.78 is 10.5. The van der Waals surface area contributed by atoms with Crippen molar-refractivity contribution >= 4 is 18.0 Å². The van der Waals surface area contributed by atoms with Crippen molar-refractivity contribution in [1.82, 2.24) is 10.6 Å². The zero-order valence-electron chi connectivity index (χ0n) is 14.6. The molecule has 8 nitrogen and oxygen atoms in total. The summed E-state index contributed by atoms with van der Waals surface area (Å²) in [4.78, 5) is 34.7. The van der Waals surface area contributed by atoms with Gasteiger partial charge >= 0.3 is 12.1 Å². The first-order chi connectivity index (χ1) is 10.4. The van der Waals surface area contributed by atoms with Crippen LogP contribution in [0.1, 0.15) is 41.5 Å². The van der Waals surface area contributed by atoms with Crippen molar-refractivity contribution in [3.63, 3.8) is 0 Å². The highest BCUT2D eigenvalue weighted by atomic mass is 16.5.